The van der Waals surface area contributed by atoms with Crippen LogP contribution in [-0.4, -0.2) is 46.3 Å². The molecule has 0 heterocycles. The SMILES string of the molecule is CC(=O)O[C@@H]1C(=O)C2=C(C(=O)C[C@H]3C(C)(C)C(=O)CC[C@]23C)[C@]2(C)C(=O)C[C@H](C(C)CCC(=O)O)[C@@]12C. The van der Waals surface area contributed by atoms with E-state index in [1.807, 2.05) is 27.7 Å². The largest absolute Gasteiger partial charge is 0.481 e. The van der Waals surface area contributed by atoms with E-state index in [4.69, 9.17) is 4.74 Å². The molecule has 2 saturated carbocycles. The van der Waals surface area contributed by atoms with Crippen molar-refractivity contribution < 1.29 is 38.6 Å². The molecule has 1 N–H and O–H groups in total. The van der Waals surface area contributed by atoms with E-state index in [0.29, 0.717) is 6.42 Å². The zero-order valence-electron chi connectivity index (χ0n) is 22.9. The fourth-order valence-corrected chi connectivity index (χ4v) is 8.53. The molecule has 37 heavy (non-hydrogen) atoms. The lowest BCUT2D eigenvalue weighted by atomic mass is 9.42. The number of ketones is 4. The molecule has 0 saturated heterocycles. The second kappa shape index (κ2) is 8.43. The summed E-state index contributed by atoms with van der Waals surface area (Å²) in [7, 11) is 0. The summed E-state index contributed by atoms with van der Waals surface area (Å²) < 4.78 is 5.75. The fourth-order valence-electron chi connectivity index (χ4n) is 8.53. The number of carboxylic acid groups (broad SMARTS) is 1. The van der Waals surface area contributed by atoms with Crippen LogP contribution in [0.1, 0.15) is 87.0 Å². The average Bonchev–Trinajstić information content (AvgIpc) is 3.01. The van der Waals surface area contributed by atoms with Gasteiger partial charge in [0.05, 0.1) is 5.41 Å². The van der Waals surface area contributed by atoms with E-state index in [1.165, 1.54) is 6.92 Å². The van der Waals surface area contributed by atoms with Gasteiger partial charge >= 0.3 is 11.9 Å². The molecule has 1 unspecified atom stereocenters. The first-order valence-corrected chi connectivity index (χ1v) is 13.2. The van der Waals surface area contributed by atoms with E-state index in [9.17, 15) is 33.9 Å². The van der Waals surface area contributed by atoms with Crippen molar-refractivity contribution in [1.29, 1.82) is 0 Å². The van der Waals surface area contributed by atoms with E-state index in [-0.39, 0.29) is 66.5 Å². The molecular formula is C29H38O8. The number of allylic oxidation sites excluding steroid dienone is 1. The molecule has 0 bridgehead atoms. The van der Waals surface area contributed by atoms with Crippen molar-refractivity contribution in [1.82, 2.24) is 0 Å². The molecule has 0 aromatic rings. The maximum atomic E-state index is 14.4. The highest BCUT2D eigenvalue weighted by atomic mass is 16.5. The highest BCUT2D eigenvalue weighted by Crippen LogP contribution is 2.70. The second-order valence-corrected chi connectivity index (χ2v) is 12.9. The first kappa shape index (κ1) is 27.4. The van der Waals surface area contributed by atoms with Crippen molar-refractivity contribution in [2.45, 2.75) is 93.1 Å². The van der Waals surface area contributed by atoms with Gasteiger partial charge < -0.3 is 9.84 Å². The quantitative estimate of drug-likeness (QED) is 0.547. The van der Waals surface area contributed by atoms with Gasteiger partial charge in [0.25, 0.3) is 0 Å². The van der Waals surface area contributed by atoms with Crippen molar-refractivity contribution in [3.8, 4) is 0 Å². The molecule has 4 rings (SSSR count). The molecule has 0 amide bonds. The summed E-state index contributed by atoms with van der Waals surface area (Å²) in [5.74, 6) is -3.66. The van der Waals surface area contributed by atoms with Crippen LogP contribution in [-0.2, 0) is 33.5 Å². The minimum absolute atomic E-state index is 0.0481. The molecule has 0 aliphatic heterocycles. The summed E-state index contributed by atoms with van der Waals surface area (Å²) in [4.78, 5) is 78.9. The van der Waals surface area contributed by atoms with Gasteiger partial charge in [-0.2, -0.15) is 0 Å². The summed E-state index contributed by atoms with van der Waals surface area (Å²) in [5.41, 5.74) is -3.77. The van der Waals surface area contributed by atoms with Gasteiger partial charge in [0.15, 0.2) is 11.9 Å². The number of carboxylic acids is 1. The van der Waals surface area contributed by atoms with Crippen molar-refractivity contribution in [2.75, 3.05) is 0 Å². The van der Waals surface area contributed by atoms with Crippen molar-refractivity contribution in [3.63, 3.8) is 0 Å². The van der Waals surface area contributed by atoms with Crippen LogP contribution in [0.4, 0.5) is 0 Å². The first-order chi connectivity index (χ1) is 17.0. The number of ether oxygens (including phenoxy) is 1. The number of aliphatic carboxylic acids is 1. The van der Waals surface area contributed by atoms with E-state index < -0.39 is 57.3 Å². The van der Waals surface area contributed by atoms with Crippen LogP contribution >= 0.6 is 0 Å². The van der Waals surface area contributed by atoms with Gasteiger partial charge in [0.1, 0.15) is 11.6 Å². The number of Topliss-reactive ketones (excluding diaryl/α,β-unsaturated/α-hetero) is 4. The predicted octanol–water partition coefficient (Wildman–Crippen LogP) is 3.88. The Kier molecular flexibility index (Phi) is 6.24. The molecule has 0 spiro atoms. The Labute approximate surface area is 217 Å². The molecular weight excluding hydrogens is 476 g/mol. The van der Waals surface area contributed by atoms with Crippen LogP contribution in [0.3, 0.4) is 0 Å². The smallest absolute Gasteiger partial charge is 0.303 e. The van der Waals surface area contributed by atoms with Gasteiger partial charge in [-0.1, -0.05) is 34.6 Å². The molecule has 0 aromatic carbocycles. The molecule has 7 atom stereocenters. The van der Waals surface area contributed by atoms with Crippen LogP contribution in [0.2, 0.25) is 0 Å². The Morgan fingerprint density at radius 2 is 1.62 bits per heavy atom. The normalized spacial score (nSPS) is 39.6. The van der Waals surface area contributed by atoms with E-state index in [0.717, 1.165) is 0 Å². The summed E-state index contributed by atoms with van der Waals surface area (Å²) in [6, 6.07) is 0. The maximum Gasteiger partial charge on any atom is 0.303 e. The number of hydrogen-bond acceptors (Lipinski definition) is 7. The van der Waals surface area contributed by atoms with Gasteiger partial charge in [-0.25, -0.2) is 0 Å². The zero-order chi connectivity index (χ0) is 27.9. The Morgan fingerprint density at radius 1 is 1.00 bits per heavy atom. The van der Waals surface area contributed by atoms with Crippen LogP contribution < -0.4 is 0 Å². The van der Waals surface area contributed by atoms with Gasteiger partial charge in [-0.3, -0.25) is 28.8 Å². The average molecular weight is 515 g/mol. The molecule has 8 heteroatoms. The Hall–Kier alpha value is -2.64. The van der Waals surface area contributed by atoms with Crippen molar-refractivity contribution in [2.24, 2.45) is 39.4 Å². The van der Waals surface area contributed by atoms with Crippen molar-refractivity contribution >= 4 is 35.1 Å². The lowest BCUT2D eigenvalue weighted by molar-refractivity contribution is -0.175. The Bertz CT molecular complexity index is 1160. The number of fused-ring (bicyclic) bond motifs is 4. The lowest BCUT2D eigenvalue weighted by Crippen LogP contribution is -2.64. The third kappa shape index (κ3) is 3.46. The van der Waals surface area contributed by atoms with Gasteiger partial charge in [0.2, 0.25) is 5.78 Å². The monoisotopic (exact) mass is 514 g/mol. The van der Waals surface area contributed by atoms with Crippen LogP contribution in [0, 0.1) is 39.4 Å². The zero-order valence-corrected chi connectivity index (χ0v) is 22.9. The third-order valence-electron chi connectivity index (χ3n) is 10.8. The fraction of sp³-hybridized carbons (Fsp3) is 0.724. The summed E-state index contributed by atoms with van der Waals surface area (Å²) in [6.07, 6.45) is -0.333. The molecule has 202 valence electrons. The van der Waals surface area contributed by atoms with Crippen LogP contribution in [0.5, 0.6) is 0 Å². The molecule has 2 fully saturated rings. The van der Waals surface area contributed by atoms with Crippen LogP contribution in [0.25, 0.3) is 0 Å². The first-order valence-electron chi connectivity index (χ1n) is 13.2. The molecule has 4 aliphatic carbocycles. The van der Waals surface area contributed by atoms with Crippen LogP contribution in [0.15, 0.2) is 11.1 Å². The summed E-state index contributed by atoms with van der Waals surface area (Å²) >= 11 is 0. The number of carbonyl (C=O) groups excluding carboxylic acids is 5. The standard InChI is InChI=1S/C29H38O8/c1-14(8-9-21(34)35)16-12-20(33)29(7)22-17(31)13-18-26(3,4)19(32)10-11-27(18,5)23(22)24(36)25(28(16,29)6)37-15(2)30/h14,16,18,25H,8-13H2,1-7H3,(H,34,35)/t14?,16-,18+,25-,27+,28+,29+/m1/s1. The van der Waals surface area contributed by atoms with E-state index >= 15 is 0 Å². The van der Waals surface area contributed by atoms with Gasteiger partial charge in [0, 0.05) is 60.0 Å². The van der Waals surface area contributed by atoms with E-state index in [2.05, 4.69) is 0 Å². The highest BCUT2D eigenvalue weighted by molar-refractivity contribution is 6.18. The minimum atomic E-state index is -1.38. The number of carbonyl (C=O) groups is 6. The molecule has 8 nitrogen and oxygen atoms in total. The minimum Gasteiger partial charge on any atom is -0.481 e. The van der Waals surface area contributed by atoms with Crippen molar-refractivity contribution in [3.05, 3.63) is 11.1 Å². The van der Waals surface area contributed by atoms with Gasteiger partial charge in [-0.15, -0.1) is 0 Å². The number of esters is 1. The van der Waals surface area contributed by atoms with Gasteiger partial charge in [-0.05, 0) is 37.5 Å². The topological polar surface area (TPSA) is 132 Å². The maximum absolute atomic E-state index is 14.4. The number of rotatable bonds is 5. The predicted molar refractivity (Wildman–Crippen MR) is 132 cm³/mol. The summed E-state index contributed by atoms with van der Waals surface area (Å²) in [6.45, 7) is 12.1. The summed E-state index contributed by atoms with van der Waals surface area (Å²) in [5, 5.41) is 9.24. The van der Waals surface area contributed by atoms with E-state index in [1.54, 1.807) is 13.8 Å². The highest BCUT2D eigenvalue weighted by Gasteiger charge is 2.74. The molecule has 0 aromatic heterocycles. The molecule has 0 radical (unpaired) electrons. The molecule has 4 aliphatic rings. The second-order valence-electron chi connectivity index (χ2n) is 12.9. The Balaban J connectivity index is 1.98. The Morgan fingerprint density at radius 3 is 2.19 bits per heavy atom. The third-order valence-corrected chi connectivity index (χ3v) is 10.8. The lowest BCUT2D eigenvalue weighted by Gasteiger charge is -2.59. The number of hydrogen-bond donors (Lipinski definition) is 1.